The second-order valence-corrected chi connectivity index (χ2v) is 4.09. The zero-order chi connectivity index (χ0) is 14.2. The Kier molecular flexibility index (Phi) is 3.22. The minimum Gasteiger partial charge on any atom is -0.476 e. The highest BCUT2D eigenvalue weighted by atomic mass is 35.5. The predicted molar refractivity (Wildman–Crippen MR) is 66.9 cm³/mol. The summed E-state index contributed by atoms with van der Waals surface area (Å²) in [5.74, 6) is -1.29. The number of carbonyl (C=O) groups is 1. The molecular weight excluding hydrogens is 274 g/mol. The Balaban J connectivity index is 2.70. The molecule has 1 heterocycles. The Bertz CT molecular complexity index is 681. The first-order valence-corrected chi connectivity index (χ1v) is 5.53. The number of hydrogen-bond acceptors (Lipinski definition) is 4. The molecule has 0 fully saturated rings. The first-order chi connectivity index (χ1) is 8.93. The summed E-state index contributed by atoms with van der Waals surface area (Å²) in [6, 6.07) is 5.89. The van der Waals surface area contributed by atoms with Crippen LogP contribution < -0.4 is 0 Å². The molecule has 0 atom stereocenters. The van der Waals surface area contributed by atoms with Gasteiger partial charge in [0, 0.05) is 6.07 Å². The van der Waals surface area contributed by atoms with Gasteiger partial charge in [0.15, 0.2) is 5.69 Å². The van der Waals surface area contributed by atoms with E-state index < -0.39 is 10.9 Å². The topological polar surface area (TPSA) is 98.3 Å². The molecule has 0 radical (unpaired) electrons. The van der Waals surface area contributed by atoms with Crippen LogP contribution in [-0.4, -0.2) is 25.8 Å². The van der Waals surface area contributed by atoms with Crippen molar-refractivity contribution >= 4 is 23.3 Å². The standard InChI is InChI=1S/C11H8ClN3O4/c1-6-9(12)10(11(16)17)13-14(6)7-4-2-3-5-8(7)15(18)19/h2-5H,1H3,(H,16,17). The van der Waals surface area contributed by atoms with Crippen LogP contribution in [0.5, 0.6) is 0 Å². The third-order valence-electron chi connectivity index (χ3n) is 2.55. The molecule has 0 unspecified atom stereocenters. The van der Waals surface area contributed by atoms with Gasteiger partial charge in [0.1, 0.15) is 5.69 Å². The fourth-order valence-corrected chi connectivity index (χ4v) is 1.85. The van der Waals surface area contributed by atoms with Crippen LogP contribution >= 0.6 is 11.6 Å². The van der Waals surface area contributed by atoms with Gasteiger partial charge in [0.25, 0.3) is 5.69 Å². The summed E-state index contributed by atoms with van der Waals surface area (Å²) in [5, 5.41) is 23.6. The number of nitro groups is 1. The number of rotatable bonds is 3. The van der Waals surface area contributed by atoms with Gasteiger partial charge in [-0.3, -0.25) is 10.1 Å². The average Bonchev–Trinajstić information content (AvgIpc) is 2.66. The van der Waals surface area contributed by atoms with Gasteiger partial charge in [-0.05, 0) is 13.0 Å². The lowest BCUT2D eigenvalue weighted by atomic mass is 10.2. The van der Waals surface area contributed by atoms with Crippen molar-refractivity contribution in [2.24, 2.45) is 0 Å². The van der Waals surface area contributed by atoms with Crippen molar-refractivity contribution < 1.29 is 14.8 Å². The monoisotopic (exact) mass is 281 g/mol. The van der Waals surface area contributed by atoms with Crippen molar-refractivity contribution in [1.82, 2.24) is 9.78 Å². The smallest absolute Gasteiger partial charge is 0.358 e. The summed E-state index contributed by atoms with van der Waals surface area (Å²) < 4.78 is 1.16. The van der Waals surface area contributed by atoms with Gasteiger partial charge < -0.3 is 5.11 Å². The van der Waals surface area contributed by atoms with Crippen LogP contribution in [0, 0.1) is 17.0 Å². The molecule has 7 nitrogen and oxygen atoms in total. The van der Waals surface area contributed by atoms with E-state index in [9.17, 15) is 14.9 Å². The summed E-state index contributed by atoms with van der Waals surface area (Å²) in [5.41, 5.74) is -0.0215. The normalized spacial score (nSPS) is 10.4. The van der Waals surface area contributed by atoms with Crippen LogP contribution in [0.2, 0.25) is 5.02 Å². The molecule has 1 aromatic heterocycles. The summed E-state index contributed by atoms with van der Waals surface area (Å²) in [7, 11) is 0. The van der Waals surface area contributed by atoms with E-state index >= 15 is 0 Å². The zero-order valence-corrected chi connectivity index (χ0v) is 10.5. The molecule has 1 N–H and O–H groups in total. The fourth-order valence-electron chi connectivity index (χ4n) is 1.65. The van der Waals surface area contributed by atoms with E-state index in [2.05, 4.69) is 5.10 Å². The van der Waals surface area contributed by atoms with Crippen molar-refractivity contribution in [3.8, 4) is 5.69 Å². The lowest BCUT2D eigenvalue weighted by Gasteiger charge is -2.04. The number of halogens is 1. The Morgan fingerprint density at radius 2 is 2.11 bits per heavy atom. The maximum Gasteiger partial charge on any atom is 0.358 e. The Morgan fingerprint density at radius 3 is 2.63 bits per heavy atom. The quantitative estimate of drug-likeness (QED) is 0.688. The molecule has 1 aromatic carbocycles. The third kappa shape index (κ3) is 2.15. The molecule has 19 heavy (non-hydrogen) atoms. The Labute approximate surface area is 112 Å². The van der Waals surface area contributed by atoms with Gasteiger partial charge in [0.2, 0.25) is 0 Å². The van der Waals surface area contributed by atoms with Crippen molar-refractivity contribution in [2.75, 3.05) is 0 Å². The van der Waals surface area contributed by atoms with Gasteiger partial charge in [-0.25, -0.2) is 9.48 Å². The molecule has 0 aliphatic heterocycles. The summed E-state index contributed by atoms with van der Waals surface area (Å²) in [6.45, 7) is 1.54. The Morgan fingerprint density at radius 1 is 1.47 bits per heavy atom. The summed E-state index contributed by atoms with van der Waals surface area (Å²) in [6.07, 6.45) is 0. The number of aromatic nitrogens is 2. The largest absolute Gasteiger partial charge is 0.476 e. The van der Waals surface area contributed by atoms with Crippen molar-refractivity contribution in [1.29, 1.82) is 0 Å². The minimum atomic E-state index is -1.29. The number of nitro benzene ring substituents is 1. The Hall–Kier alpha value is -2.41. The van der Waals surface area contributed by atoms with Gasteiger partial charge in [-0.2, -0.15) is 5.10 Å². The lowest BCUT2D eigenvalue weighted by molar-refractivity contribution is -0.384. The molecule has 0 bridgehead atoms. The van der Waals surface area contributed by atoms with Crippen molar-refractivity contribution in [3.05, 3.63) is 50.8 Å². The van der Waals surface area contributed by atoms with Crippen LogP contribution in [-0.2, 0) is 0 Å². The number of hydrogen-bond donors (Lipinski definition) is 1. The lowest BCUT2D eigenvalue weighted by Crippen LogP contribution is -2.05. The molecule has 0 saturated heterocycles. The van der Waals surface area contributed by atoms with Crippen LogP contribution in [0.1, 0.15) is 16.2 Å². The molecule has 98 valence electrons. The van der Waals surface area contributed by atoms with E-state index in [4.69, 9.17) is 16.7 Å². The second kappa shape index (κ2) is 4.69. The number of carboxylic acids is 1. The molecule has 2 rings (SSSR count). The molecule has 0 aliphatic rings. The van der Waals surface area contributed by atoms with Crippen LogP contribution in [0.15, 0.2) is 24.3 Å². The van der Waals surface area contributed by atoms with E-state index in [-0.39, 0.29) is 22.1 Å². The average molecular weight is 282 g/mol. The van der Waals surface area contributed by atoms with Crippen LogP contribution in [0.3, 0.4) is 0 Å². The maximum absolute atomic E-state index is 10.9. The SMILES string of the molecule is Cc1c(Cl)c(C(=O)O)nn1-c1ccccc1[N+](=O)[O-]. The second-order valence-electron chi connectivity index (χ2n) is 3.71. The molecule has 0 aliphatic carbocycles. The molecule has 2 aromatic rings. The van der Waals surface area contributed by atoms with Gasteiger partial charge in [-0.15, -0.1) is 0 Å². The third-order valence-corrected chi connectivity index (χ3v) is 3.00. The number of carboxylic acid groups (broad SMARTS) is 1. The van der Waals surface area contributed by atoms with E-state index in [1.165, 1.54) is 18.2 Å². The number of aromatic carboxylic acids is 1. The predicted octanol–water partition coefficient (Wildman–Crippen LogP) is 2.44. The van der Waals surface area contributed by atoms with Crippen LogP contribution in [0.4, 0.5) is 5.69 Å². The highest BCUT2D eigenvalue weighted by Gasteiger charge is 2.23. The van der Waals surface area contributed by atoms with Gasteiger partial charge in [0.05, 0.1) is 15.6 Å². The fraction of sp³-hybridized carbons (Fsp3) is 0.0909. The summed E-state index contributed by atoms with van der Waals surface area (Å²) in [4.78, 5) is 21.3. The summed E-state index contributed by atoms with van der Waals surface area (Å²) >= 11 is 5.86. The maximum atomic E-state index is 10.9. The van der Waals surface area contributed by atoms with E-state index in [0.29, 0.717) is 5.69 Å². The highest BCUT2D eigenvalue weighted by Crippen LogP contribution is 2.27. The van der Waals surface area contributed by atoms with Crippen molar-refractivity contribution in [3.63, 3.8) is 0 Å². The first-order valence-electron chi connectivity index (χ1n) is 5.15. The number of para-hydroxylation sites is 2. The first kappa shape index (κ1) is 13.0. The highest BCUT2D eigenvalue weighted by molar-refractivity contribution is 6.33. The van der Waals surface area contributed by atoms with E-state index in [1.54, 1.807) is 13.0 Å². The molecule has 0 saturated carbocycles. The van der Waals surface area contributed by atoms with E-state index in [1.807, 2.05) is 0 Å². The molecule has 8 heteroatoms. The molecule has 0 spiro atoms. The van der Waals surface area contributed by atoms with Gasteiger partial charge >= 0.3 is 5.97 Å². The molecule has 0 amide bonds. The van der Waals surface area contributed by atoms with Crippen LogP contribution in [0.25, 0.3) is 5.69 Å². The van der Waals surface area contributed by atoms with Gasteiger partial charge in [-0.1, -0.05) is 23.7 Å². The van der Waals surface area contributed by atoms with E-state index in [0.717, 1.165) is 4.68 Å². The number of nitrogens with zero attached hydrogens (tertiary/aromatic N) is 3. The number of benzene rings is 1. The zero-order valence-electron chi connectivity index (χ0n) is 9.70. The minimum absolute atomic E-state index is 0.0364. The van der Waals surface area contributed by atoms with Crippen molar-refractivity contribution in [2.45, 2.75) is 6.92 Å². The molecular formula is C11H8ClN3O4.